The fraction of sp³-hybridized carbons (Fsp3) is 0.190. The van der Waals surface area contributed by atoms with E-state index in [1.54, 1.807) is 12.5 Å². The molecule has 2 aromatic carbocycles. The summed E-state index contributed by atoms with van der Waals surface area (Å²) in [5.74, 6) is 0.269. The Bertz CT molecular complexity index is 990. The Morgan fingerprint density at radius 1 is 1.07 bits per heavy atom. The van der Waals surface area contributed by atoms with E-state index in [0.29, 0.717) is 29.5 Å². The Balaban J connectivity index is 1.41. The van der Waals surface area contributed by atoms with Gasteiger partial charge in [0.1, 0.15) is 11.6 Å². The number of rotatable bonds is 8. The van der Waals surface area contributed by atoms with Gasteiger partial charge >= 0.3 is 6.03 Å². The predicted octanol–water partition coefficient (Wildman–Crippen LogP) is 3.84. The van der Waals surface area contributed by atoms with Gasteiger partial charge in [-0.05, 0) is 48.4 Å². The van der Waals surface area contributed by atoms with Crippen LogP contribution < -0.4 is 20.7 Å². The second-order valence-electron chi connectivity index (χ2n) is 6.35. The first-order valence-electron chi connectivity index (χ1n) is 9.19. The second kappa shape index (κ2) is 10.4. The van der Waals surface area contributed by atoms with Crippen molar-refractivity contribution in [2.75, 3.05) is 24.3 Å². The molecule has 0 saturated heterocycles. The van der Waals surface area contributed by atoms with Crippen LogP contribution >= 0.6 is 11.3 Å². The maximum atomic E-state index is 12.9. The number of hydrogen-bond donors (Lipinski definition) is 3. The molecule has 0 spiro atoms. The number of anilines is 2. The Labute approximate surface area is 177 Å². The normalized spacial score (nSPS) is 10.3. The van der Waals surface area contributed by atoms with E-state index in [2.05, 4.69) is 20.9 Å². The van der Waals surface area contributed by atoms with Crippen LogP contribution in [-0.2, 0) is 17.6 Å². The van der Waals surface area contributed by atoms with Crippen molar-refractivity contribution in [1.29, 1.82) is 0 Å². The van der Waals surface area contributed by atoms with E-state index >= 15 is 0 Å². The first kappa shape index (κ1) is 21.3. The van der Waals surface area contributed by atoms with Crippen molar-refractivity contribution < 1.29 is 18.7 Å². The van der Waals surface area contributed by atoms with Crippen LogP contribution in [0.2, 0.25) is 0 Å². The molecule has 3 N–H and O–H groups in total. The Morgan fingerprint density at radius 3 is 2.50 bits per heavy atom. The summed E-state index contributed by atoms with van der Waals surface area (Å²) in [6, 6.07) is 12.6. The number of methoxy groups -OCH3 is 1. The topological polar surface area (TPSA) is 92.4 Å². The third-order valence-corrected chi connectivity index (χ3v) is 4.92. The standard InChI is InChI=1S/C21H21FN4O3S/c1-29-18-8-2-14(3-9-18)10-11-23-19(27)12-17-13-30-21(25-17)26-20(28)24-16-6-4-15(22)5-7-16/h2-9,13H,10-12H2,1H3,(H,23,27)(H2,24,25,26,28). The van der Waals surface area contributed by atoms with Gasteiger partial charge in [-0.2, -0.15) is 0 Å². The Morgan fingerprint density at radius 2 is 1.80 bits per heavy atom. The van der Waals surface area contributed by atoms with E-state index in [1.807, 2.05) is 24.3 Å². The summed E-state index contributed by atoms with van der Waals surface area (Å²) in [5, 5.41) is 10.1. The van der Waals surface area contributed by atoms with Crippen molar-refractivity contribution in [2.24, 2.45) is 0 Å². The van der Waals surface area contributed by atoms with Gasteiger partial charge in [0, 0.05) is 17.6 Å². The van der Waals surface area contributed by atoms with Crippen LogP contribution in [0.1, 0.15) is 11.3 Å². The summed E-state index contributed by atoms with van der Waals surface area (Å²) in [5.41, 5.74) is 2.13. The zero-order valence-electron chi connectivity index (χ0n) is 16.3. The third-order valence-electron chi connectivity index (χ3n) is 4.11. The molecule has 0 aliphatic rings. The minimum atomic E-state index is -0.494. The molecule has 3 amide bonds. The Hall–Kier alpha value is -3.46. The monoisotopic (exact) mass is 428 g/mol. The molecule has 0 aliphatic heterocycles. The van der Waals surface area contributed by atoms with Crippen LogP contribution in [0, 0.1) is 5.82 Å². The number of ether oxygens (including phenoxy) is 1. The summed E-state index contributed by atoms with van der Waals surface area (Å²) < 4.78 is 18.0. The van der Waals surface area contributed by atoms with Gasteiger partial charge in [0.05, 0.1) is 19.2 Å². The number of nitrogens with zero attached hydrogens (tertiary/aromatic N) is 1. The smallest absolute Gasteiger partial charge is 0.325 e. The molecule has 7 nitrogen and oxygen atoms in total. The van der Waals surface area contributed by atoms with E-state index in [4.69, 9.17) is 4.74 Å². The number of carbonyl (C=O) groups excluding carboxylic acids is 2. The van der Waals surface area contributed by atoms with E-state index in [0.717, 1.165) is 11.3 Å². The number of benzene rings is 2. The molecule has 0 fully saturated rings. The van der Waals surface area contributed by atoms with Gasteiger partial charge in [-0.1, -0.05) is 12.1 Å². The summed E-state index contributed by atoms with van der Waals surface area (Å²) >= 11 is 1.22. The van der Waals surface area contributed by atoms with E-state index in [1.165, 1.54) is 35.6 Å². The quantitative estimate of drug-likeness (QED) is 0.508. The van der Waals surface area contributed by atoms with Gasteiger partial charge in [0.25, 0.3) is 0 Å². The van der Waals surface area contributed by atoms with Gasteiger partial charge in [0.2, 0.25) is 5.91 Å². The van der Waals surface area contributed by atoms with E-state index in [-0.39, 0.29) is 18.1 Å². The highest BCUT2D eigenvalue weighted by molar-refractivity contribution is 7.14. The molecule has 0 bridgehead atoms. The predicted molar refractivity (Wildman–Crippen MR) is 115 cm³/mol. The molecule has 1 aromatic heterocycles. The van der Waals surface area contributed by atoms with Crippen molar-refractivity contribution in [2.45, 2.75) is 12.8 Å². The van der Waals surface area contributed by atoms with E-state index in [9.17, 15) is 14.0 Å². The molecule has 0 aliphatic carbocycles. The highest BCUT2D eigenvalue weighted by Crippen LogP contribution is 2.17. The first-order chi connectivity index (χ1) is 14.5. The van der Waals surface area contributed by atoms with Crippen molar-refractivity contribution in [3.63, 3.8) is 0 Å². The zero-order chi connectivity index (χ0) is 21.3. The van der Waals surface area contributed by atoms with Crippen LogP contribution in [0.4, 0.5) is 20.0 Å². The maximum absolute atomic E-state index is 12.9. The number of carbonyl (C=O) groups is 2. The van der Waals surface area contributed by atoms with Crippen LogP contribution in [0.5, 0.6) is 5.75 Å². The molecule has 3 rings (SSSR count). The van der Waals surface area contributed by atoms with Gasteiger partial charge < -0.3 is 15.4 Å². The largest absolute Gasteiger partial charge is 0.497 e. The summed E-state index contributed by atoms with van der Waals surface area (Å²) in [6.45, 7) is 0.514. The first-order valence-corrected chi connectivity index (χ1v) is 10.1. The highest BCUT2D eigenvalue weighted by atomic mass is 32.1. The van der Waals surface area contributed by atoms with Gasteiger partial charge in [-0.15, -0.1) is 11.3 Å². The van der Waals surface area contributed by atoms with Crippen molar-refractivity contribution >= 4 is 34.1 Å². The summed E-state index contributed by atoms with van der Waals surface area (Å²) in [7, 11) is 1.62. The fourth-order valence-corrected chi connectivity index (χ4v) is 3.31. The number of aromatic nitrogens is 1. The maximum Gasteiger partial charge on any atom is 0.325 e. The van der Waals surface area contributed by atoms with Crippen molar-refractivity contribution in [3.05, 3.63) is 71.0 Å². The molecule has 156 valence electrons. The molecule has 9 heteroatoms. The molecule has 3 aromatic rings. The number of hydrogen-bond acceptors (Lipinski definition) is 5. The minimum Gasteiger partial charge on any atom is -0.497 e. The van der Waals surface area contributed by atoms with Crippen LogP contribution in [-0.4, -0.2) is 30.6 Å². The molecule has 0 radical (unpaired) electrons. The lowest BCUT2D eigenvalue weighted by Gasteiger charge is -2.06. The third kappa shape index (κ3) is 6.56. The molecular weight excluding hydrogens is 407 g/mol. The summed E-state index contributed by atoms with van der Waals surface area (Å²) in [6.07, 6.45) is 0.837. The fourth-order valence-electron chi connectivity index (χ4n) is 2.60. The van der Waals surface area contributed by atoms with Gasteiger partial charge in [-0.3, -0.25) is 10.1 Å². The van der Waals surface area contributed by atoms with Crippen LogP contribution in [0.3, 0.4) is 0 Å². The molecule has 0 unspecified atom stereocenters. The van der Waals surface area contributed by atoms with Crippen molar-refractivity contribution in [3.8, 4) is 5.75 Å². The van der Waals surface area contributed by atoms with Gasteiger partial charge in [-0.25, -0.2) is 14.2 Å². The average molecular weight is 428 g/mol. The summed E-state index contributed by atoms with van der Waals surface area (Å²) in [4.78, 5) is 28.3. The molecule has 0 saturated carbocycles. The van der Waals surface area contributed by atoms with Gasteiger partial charge in [0.15, 0.2) is 5.13 Å². The number of nitrogens with one attached hydrogen (secondary N) is 3. The second-order valence-corrected chi connectivity index (χ2v) is 7.21. The highest BCUT2D eigenvalue weighted by Gasteiger charge is 2.10. The molecule has 0 atom stereocenters. The van der Waals surface area contributed by atoms with Crippen molar-refractivity contribution in [1.82, 2.24) is 10.3 Å². The van der Waals surface area contributed by atoms with Crippen LogP contribution in [0.25, 0.3) is 0 Å². The average Bonchev–Trinajstić information content (AvgIpc) is 3.16. The van der Waals surface area contributed by atoms with Crippen LogP contribution in [0.15, 0.2) is 53.9 Å². The number of urea groups is 1. The zero-order valence-corrected chi connectivity index (χ0v) is 17.1. The molecular formula is C21H21FN4O3S. The number of amides is 3. The minimum absolute atomic E-state index is 0.125. The Kier molecular flexibility index (Phi) is 7.34. The SMILES string of the molecule is COc1ccc(CCNC(=O)Cc2csc(NC(=O)Nc3ccc(F)cc3)n2)cc1. The molecule has 30 heavy (non-hydrogen) atoms. The lowest BCUT2D eigenvalue weighted by molar-refractivity contribution is -0.120. The number of thiazole rings is 1. The lowest BCUT2D eigenvalue weighted by atomic mass is 10.1. The van der Waals surface area contributed by atoms with E-state index < -0.39 is 6.03 Å². The lowest BCUT2D eigenvalue weighted by Crippen LogP contribution is -2.27. The number of halogens is 1. The molecule has 1 heterocycles.